The molecule has 0 bridgehead atoms. The average Bonchev–Trinajstić information content (AvgIpc) is 3.67. The predicted molar refractivity (Wildman–Crippen MR) is 177 cm³/mol. The smallest absolute Gasteiger partial charge is 0.490 e. The van der Waals surface area contributed by atoms with E-state index in [0.29, 0.717) is 22.1 Å². The van der Waals surface area contributed by atoms with Crippen LogP contribution in [0.1, 0.15) is 18.8 Å². The fourth-order valence-corrected chi connectivity index (χ4v) is 4.09. The topological polar surface area (TPSA) is 165 Å². The lowest BCUT2D eigenvalue weighted by Gasteiger charge is -2.07. The number of fused-ring (bicyclic) bond motifs is 2. The van der Waals surface area contributed by atoms with Gasteiger partial charge in [0, 0.05) is 46.6 Å². The number of nitrogens with one attached hydrogen (secondary N) is 2. The molecule has 4 aromatic heterocycles. The Morgan fingerprint density at radius 3 is 1.51 bits per heavy atom. The number of pyridine rings is 2. The lowest BCUT2D eigenvalue weighted by Crippen LogP contribution is -2.29. The van der Waals surface area contributed by atoms with Crippen LogP contribution in [0.5, 0.6) is 17.2 Å². The molecule has 10 nitrogen and oxygen atoms in total. The zero-order chi connectivity index (χ0) is 39.0. The van der Waals surface area contributed by atoms with Crippen molar-refractivity contribution in [2.24, 2.45) is 0 Å². The first-order chi connectivity index (χ1) is 24.1. The molecule has 22 heteroatoms. The minimum absolute atomic E-state index is 0. The number of aliphatic carboxylic acids is 1. The molecule has 0 aliphatic heterocycles. The van der Waals surface area contributed by atoms with E-state index in [2.05, 4.69) is 19.9 Å². The highest BCUT2D eigenvalue weighted by molar-refractivity contribution is 6.58. The lowest BCUT2D eigenvalue weighted by atomic mass is 9.81. The van der Waals surface area contributed by atoms with E-state index < -0.39 is 43.0 Å². The van der Waals surface area contributed by atoms with E-state index in [4.69, 9.17) is 47.9 Å². The Labute approximate surface area is 302 Å². The highest BCUT2D eigenvalue weighted by atomic mass is 35.5. The molecule has 6 N–H and O–H groups in total. The number of halogens is 11. The Balaban J connectivity index is 0.000000265. The SMILES string of the molecule is C.FC(F)(F)c1cc2cc(Oc3ccncc3)c(Cl)cc2[nH]1.O=C(O)C(F)(F)F.OB(O)c1ccncc1.Oc1cc2cc(C(F)(F)F)[nH]c2cc1Cl. The molecule has 0 saturated carbocycles. The quantitative estimate of drug-likeness (QED) is 0.0766. The Morgan fingerprint density at radius 2 is 1.11 bits per heavy atom. The number of hydrogen-bond acceptors (Lipinski definition) is 7. The number of nitrogens with zero attached hydrogens (tertiary/aromatic N) is 2. The van der Waals surface area contributed by atoms with Crippen LogP contribution >= 0.6 is 23.2 Å². The van der Waals surface area contributed by atoms with Crippen molar-refractivity contribution in [3.05, 3.63) is 107 Å². The first kappa shape index (κ1) is 44.0. The van der Waals surface area contributed by atoms with Gasteiger partial charge in [0.25, 0.3) is 0 Å². The van der Waals surface area contributed by atoms with E-state index in [1.807, 2.05) is 0 Å². The molecule has 0 unspecified atom stereocenters. The van der Waals surface area contributed by atoms with E-state index in [9.17, 15) is 44.6 Å². The van der Waals surface area contributed by atoms with Gasteiger partial charge < -0.3 is 35.0 Å². The molecule has 284 valence electrons. The highest BCUT2D eigenvalue weighted by Crippen LogP contribution is 2.37. The van der Waals surface area contributed by atoms with Gasteiger partial charge in [-0.05, 0) is 66.1 Å². The molecule has 0 amide bonds. The van der Waals surface area contributed by atoms with Crippen molar-refractivity contribution in [3.8, 4) is 17.2 Å². The van der Waals surface area contributed by atoms with Crippen molar-refractivity contribution in [2.45, 2.75) is 26.0 Å². The molecule has 0 aliphatic rings. The van der Waals surface area contributed by atoms with Gasteiger partial charge >= 0.3 is 31.6 Å². The second kappa shape index (κ2) is 18.0. The monoisotopic (exact) mass is 800 g/mol. The average molecular weight is 801 g/mol. The van der Waals surface area contributed by atoms with Crippen LogP contribution in [0.4, 0.5) is 39.5 Å². The Hall–Kier alpha value is -5.18. The number of rotatable bonds is 3. The van der Waals surface area contributed by atoms with Gasteiger partial charge in [-0.3, -0.25) is 9.97 Å². The van der Waals surface area contributed by atoms with Crippen LogP contribution in [-0.4, -0.2) is 59.5 Å². The first-order valence-corrected chi connectivity index (χ1v) is 14.4. The number of aromatic nitrogens is 4. The van der Waals surface area contributed by atoms with E-state index in [-0.39, 0.29) is 39.9 Å². The van der Waals surface area contributed by atoms with Crippen LogP contribution < -0.4 is 10.2 Å². The van der Waals surface area contributed by atoms with Crippen molar-refractivity contribution in [1.29, 1.82) is 0 Å². The molecule has 0 aliphatic carbocycles. The zero-order valence-electron chi connectivity index (χ0n) is 25.3. The van der Waals surface area contributed by atoms with Gasteiger partial charge in [0.1, 0.15) is 28.6 Å². The number of carboxylic acids is 1. The summed E-state index contributed by atoms with van der Waals surface area (Å²) in [6, 6.07) is 13.6. The molecule has 53 heavy (non-hydrogen) atoms. The van der Waals surface area contributed by atoms with Gasteiger partial charge in [-0.25, -0.2) is 4.79 Å². The molecule has 0 spiro atoms. The second-order valence-electron chi connectivity index (χ2n) is 9.86. The predicted octanol–water partition coefficient (Wildman–Crippen LogP) is 8.60. The van der Waals surface area contributed by atoms with Crippen molar-refractivity contribution in [1.82, 2.24) is 19.9 Å². The van der Waals surface area contributed by atoms with E-state index in [1.165, 1.54) is 36.7 Å². The summed E-state index contributed by atoms with van der Waals surface area (Å²) in [6.07, 6.45) is -7.85. The molecule has 4 heterocycles. The van der Waals surface area contributed by atoms with E-state index in [1.54, 1.807) is 36.7 Å². The minimum atomic E-state index is -5.08. The van der Waals surface area contributed by atoms with Crippen LogP contribution in [0.3, 0.4) is 0 Å². The van der Waals surface area contributed by atoms with E-state index >= 15 is 0 Å². The number of aromatic hydroxyl groups is 1. The summed E-state index contributed by atoms with van der Waals surface area (Å²) in [5.74, 6) is -2.22. The summed E-state index contributed by atoms with van der Waals surface area (Å²) < 4.78 is 112. The normalized spacial score (nSPS) is 11.2. The highest BCUT2D eigenvalue weighted by Gasteiger charge is 2.38. The standard InChI is InChI=1S/C14H8ClF3N2O.C9H5ClF3NO.C5H6BNO2.C2HF3O2.CH4/c15-10-7-11-8(6-13(20-11)14(16,17)18)5-12(10)21-9-1-3-19-4-2-9;10-5-3-6-4(1-7(5)15)2-8(14-6)9(11,12)13;8-6(9)5-1-3-7-4-2-5;3-2(4,5)1(6)7;/h1-7,20H;1-3,14-15H;1-4,8-9H;(H,6,7);1H4. The molecular weight excluding hydrogens is 777 g/mol. The number of alkyl halides is 9. The number of carboxylic acid groups (broad SMARTS) is 1. The second-order valence-corrected chi connectivity index (χ2v) is 10.7. The van der Waals surface area contributed by atoms with Gasteiger partial charge in [-0.1, -0.05) is 30.6 Å². The van der Waals surface area contributed by atoms with Crippen molar-refractivity contribution in [3.63, 3.8) is 0 Å². The number of aromatic amines is 2. The molecule has 6 aromatic rings. The molecule has 0 fully saturated rings. The summed E-state index contributed by atoms with van der Waals surface area (Å²) in [7, 11) is -1.38. The lowest BCUT2D eigenvalue weighted by molar-refractivity contribution is -0.192. The molecule has 0 radical (unpaired) electrons. The largest absolute Gasteiger partial charge is 0.506 e. The van der Waals surface area contributed by atoms with E-state index in [0.717, 1.165) is 12.1 Å². The molecule has 2 aromatic carbocycles. The number of H-pyrrole nitrogens is 2. The third-order valence-electron chi connectivity index (χ3n) is 6.10. The summed E-state index contributed by atoms with van der Waals surface area (Å²) in [6.45, 7) is 0. The van der Waals surface area contributed by atoms with Crippen LogP contribution in [-0.2, 0) is 17.1 Å². The van der Waals surface area contributed by atoms with Gasteiger partial charge in [0.2, 0.25) is 0 Å². The Bertz CT molecular complexity index is 2060. The summed E-state index contributed by atoms with van der Waals surface area (Å²) in [4.78, 5) is 20.9. The van der Waals surface area contributed by atoms with Crippen LogP contribution in [0.2, 0.25) is 10.0 Å². The number of phenols is 1. The van der Waals surface area contributed by atoms with Gasteiger partial charge in [-0.2, -0.15) is 39.5 Å². The summed E-state index contributed by atoms with van der Waals surface area (Å²) >= 11 is 11.6. The number of phenolic OH excluding ortho intramolecular Hbond substituents is 1. The maximum Gasteiger partial charge on any atom is 0.490 e. The van der Waals surface area contributed by atoms with Crippen LogP contribution in [0, 0.1) is 0 Å². The van der Waals surface area contributed by atoms with Crippen LogP contribution in [0.15, 0.2) is 85.5 Å². The third kappa shape index (κ3) is 13.1. The number of hydrogen-bond donors (Lipinski definition) is 6. The number of ether oxygens (including phenoxy) is 1. The van der Waals surface area contributed by atoms with Crippen LogP contribution in [0.25, 0.3) is 21.8 Å². The minimum Gasteiger partial charge on any atom is -0.506 e. The Kier molecular flexibility index (Phi) is 15.0. The fourth-order valence-electron chi connectivity index (χ4n) is 3.73. The molecular formula is C31H24BCl2F9N4O6. The molecule has 0 atom stereocenters. The summed E-state index contributed by atoms with van der Waals surface area (Å²) in [5, 5.41) is 34.3. The van der Waals surface area contributed by atoms with Gasteiger partial charge in [-0.15, -0.1) is 0 Å². The fraction of sp³-hybridized carbons (Fsp3) is 0.129. The third-order valence-corrected chi connectivity index (χ3v) is 6.69. The van der Waals surface area contributed by atoms with Crippen molar-refractivity contribution < 1.29 is 69.3 Å². The maximum absolute atomic E-state index is 12.7. The summed E-state index contributed by atoms with van der Waals surface area (Å²) in [5.41, 5.74) is -0.682. The van der Waals surface area contributed by atoms with Gasteiger partial charge in [0.15, 0.2) is 0 Å². The number of carbonyl (C=O) groups is 1. The molecule has 6 rings (SSSR count). The molecule has 0 saturated heterocycles. The Morgan fingerprint density at radius 1 is 0.698 bits per heavy atom. The number of benzene rings is 2. The van der Waals surface area contributed by atoms with Crippen molar-refractivity contribution in [2.75, 3.05) is 0 Å². The van der Waals surface area contributed by atoms with Gasteiger partial charge in [0.05, 0.1) is 10.0 Å². The van der Waals surface area contributed by atoms with Crippen molar-refractivity contribution >= 4 is 63.6 Å². The maximum atomic E-state index is 12.7. The first-order valence-electron chi connectivity index (χ1n) is 13.7. The zero-order valence-corrected chi connectivity index (χ0v) is 26.8.